The van der Waals surface area contributed by atoms with Crippen LogP contribution in [0.25, 0.3) is 0 Å². The van der Waals surface area contributed by atoms with Gasteiger partial charge >= 0.3 is 0 Å². The minimum absolute atomic E-state index is 0.103. The summed E-state index contributed by atoms with van der Waals surface area (Å²) in [5, 5.41) is 0. The van der Waals surface area contributed by atoms with Gasteiger partial charge < -0.3 is 0 Å². The first-order valence-corrected chi connectivity index (χ1v) is 9.49. The SMILES string of the molecule is CC(=O)C1=C2C=CC(=N2)C=C2C=CC(=N2)C(C(C)=O)=C2C=CC(=N2)C=C2C=CC1=N2. The summed E-state index contributed by atoms with van der Waals surface area (Å²) in [5.74, 6) is -0.206. The van der Waals surface area contributed by atoms with Gasteiger partial charge in [0.25, 0.3) is 0 Å². The summed E-state index contributed by atoms with van der Waals surface area (Å²) in [6.07, 6.45) is 18.2. The van der Waals surface area contributed by atoms with Crippen molar-refractivity contribution >= 4 is 34.4 Å². The van der Waals surface area contributed by atoms with E-state index in [9.17, 15) is 9.59 Å². The molecule has 6 heteroatoms. The van der Waals surface area contributed by atoms with E-state index in [1.54, 1.807) is 24.3 Å². The van der Waals surface area contributed by atoms with Crippen molar-refractivity contribution in [1.29, 1.82) is 0 Å². The van der Waals surface area contributed by atoms with Crippen LogP contribution < -0.4 is 0 Å². The second kappa shape index (κ2) is 6.77. The Hall–Kier alpha value is -4.06. The Labute approximate surface area is 172 Å². The average molecular weight is 392 g/mol. The summed E-state index contributed by atoms with van der Waals surface area (Å²) < 4.78 is 0. The molecule has 5 heterocycles. The van der Waals surface area contributed by atoms with E-state index in [0.29, 0.717) is 56.8 Å². The van der Waals surface area contributed by atoms with Crippen LogP contribution in [0.15, 0.2) is 115 Å². The Morgan fingerprint density at radius 3 is 1.40 bits per heavy atom. The second-order valence-electron chi connectivity index (χ2n) is 7.17. The molecule has 0 atom stereocenters. The van der Waals surface area contributed by atoms with Gasteiger partial charge in [0.1, 0.15) is 0 Å². The van der Waals surface area contributed by atoms with Gasteiger partial charge in [-0.15, -0.1) is 0 Å². The van der Waals surface area contributed by atoms with Gasteiger partial charge in [0, 0.05) is 0 Å². The molecule has 8 bridgehead atoms. The molecule has 0 radical (unpaired) electrons. The predicted molar refractivity (Wildman–Crippen MR) is 118 cm³/mol. The Kier molecular flexibility index (Phi) is 4.06. The van der Waals surface area contributed by atoms with Crippen LogP contribution in [0.1, 0.15) is 13.8 Å². The zero-order chi connectivity index (χ0) is 20.8. The zero-order valence-corrected chi connectivity index (χ0v) is 16.4. The molecule has 0 amide bonds. The molecule has 0 aromatic carbocycles. The molecule has 144 valence electrons. The van der Waals surface area contributed by atoms with Crippen LogP contribution in [-0.2, 0) is 9.59 Å². The van der Waals surface area contributed by atoms with Crippen LogP contribution in [0, 0.1) is 0 Å². The van der Waals surface area contributed by atoms with Gasteiger partial charge in [0.15, 0.2) is 11.6 Å². The topological polar surface area (TPSA) is 83.6 Å². The van der Waals surface area contributed by atoms with Gasteiger partial charge in [-0.25, -0.2) is 20.0 Å². The minimum Gasteiger partial charge on any atom is -0.294 e. The lowest BCUT2D eigenvalue weighted by Gasteiger charge is -2.04. The van der Waals surface area contributed by atoms with Crippen molar-refractivity contribution in [2.24, 2.45) is 20.0 Å². The molecule has 30 heavy (non-hydrogen) atoms. The number of carbonyl (C=O) groups is 2. The summed E-state index contributed by atoms with van der Waals surface area (Å²) in [7, 11) is 0. The third-order valence-electron chi connectivity index (χ3n) is 4.97. The van der Waals surface area contributed by atoms with E-state index in [4.69, 9.17) is 0 Å². The molecule has 0 saturated carbocycles. The van der Waals surface area contributed by atoms with E-state index in [1.165, 1.54) is 13.8 Å². The van der Waals surface area contributed by atoms with Gasteiger partial charge in [0.2, 0.25) is 0 Å². The normalized spacial score (nSPS) is 21.0. The van der Waals surface area contributed by atoms with Crippen molar-refractivity contribution in [3.63, 3.8) is 0 Å². The van der Waals surface area contributed by atoms with Crippen molar-refractivity contribution < 1.29 is 9.59 Å². The van der Waals surface area contributed by atoms with Crippen molar-refractivity contribution in [2.45, 2.75) is 13.8 Å². The molecule has 0 aromatic heterocycles. The molecule has 6 nitrogen and oxygen atoms in total. The molecular weight excluding hydrogens is 376 g/mol. The maximum Gasteiger partial charge on any atom is 0.164 e. The number of allylic oxidation sites excluding steroid dienone is 12. The van der Waals surface area contributed by atoms with Crippen LogP contribution in [0.4, 0.5) is 0 Å². The monoisotopic (exact) mass is 392 g/mol. The maximum absolute atomic E-state index is 12.4. The van der Waals surface area contributed by atoms with Crippen molar-refractivity contribution in [1.82, 2.24) is 0 Å². The molecular formula is C24H16N4O2. The van der Waals surface area contributed by atoms with Crippen molar-refractivity contribution in [2.75, 3.05) is 0 Å². The van der Waals surface area contributed by atoms with Crippen LogP contribution in [0.3, 0.4) is 0 Å². The van der Waals surface area contributed by atoms with E-state index in [1.807, 2.05) is 36.5 Å². The standard InChI is InChI=1S/C24H16N4O2/c1-13(29)23-19-7-3-15(25-19)11-17-5-9-21(27-17)24(14(2)30)22-10-6-18(28-22)12-16-4-8-20(23)26-16/h3-12H,1-2H3. The summed E-state index contributed by atoms with van der Waals surface area (Å²) in [6.45, 7) is 3.03. The number of Topliss-reactive ketones (excluding diaryl/α,β-unsaturated/α-hetero) is 2. The van der Waals surface area contributed by atoms with Gasteiger partial charge in [-0.3, -0.25) is 9.59 Å². The van der Waals surface area contributed by atoms with Crippen molar-refractivity contribution in [3.8, 4) is 0 Å². The van der Waals surface area contributed by atoms with Gasteiger partial charge in [0.05, 0.1) is 56.8 Å². The highest BCUT2D eigenvalue weighted by atomic mass is 16.1. The Morgan fingerprint density at radius 2 is 1.00 bits per heavy atom. The molecule has 0 fully saturated rings. The molecule has 0 aliphatic carbocycles. The number of carbonyl (C=O) groups excluding carboxylic acids is 2. The summed E-state index contributed by atoms with van der Waals surface area (Å²) in [5.41, 5.74) is 5.94. The number of hydrogen-bond acceptors (Lipinski definition) is 6. The molecule has 0 N–H and O–H groups in total. The van der Waals surface area contributed by atoms with Crippen molar-refractivity contribution in [3.05, 3.63) is 94.7 Å². The molecule has 0 spiro atoms. The van der Waals surface area contributed by atoms with E-state index in [0.717, 1.165) is 0 Å². The quantitative estimate of drug-likeness (QED) is 0.720. The third-order valence-corrected chi connectivity index (χ3v) is 4.97. The van der Waals surface area contributed by atoms with E-state index in [-0.39, 0.29) is 11.6 Å². The lowest BCUT2D eigenvalue weighted by molar-refractivity contribution is -0.114. The third kappa shape index (κ3) is 3.08. The number of aliphatic imine (C=N–C) groups is 4. The number of fused-ring (bicyclic) bond motifs is 4. The van der Waals surface area contributed by atoms with E-state index < -0.39 is 0 Å². The zero-order valence-electron chi connectivity index (χ0n) is 16.4. The largest absolute Gasteiger partial charge is 0.294 e. The fourth-order valence-corrected chi connectivity index (χ4v) is 3.68. The first-order valence-electron chi connectivity index (χ1n) is 9.49. The van der Waals surface area contributed by atoms with Crippen LogP contribution in [0.5, 0.6) is 0 Å². The lowest BCUT2D eigenvalue weighted by atomic mass is 10.0. The molecule has 0 aromatic rings. The van der Waals surface area contributed by atoms with E-state index in [2.05, 4.69) is 20.0 Å². The van der Waals surface area contributed by atoms with E-state index >= 15 is 0 Å². The number of hydrogen-bond donors (Lipinski definition) is 0. The number of rotatable bonds is 2. The molecule has 0 unspecified atom stereocenters. The van der Waals surface area contributed by atoms with Gasteiger partial charge in [-0.2, -0.15) is 0 Å². The molecule has 5 rings (SSSR count). The van der Waals surface area contributed by atoms with Crippen LogP contribution in [0.2, 0.25) is 0 Å². The fraction of sp³-hybridized carbons (Fsp3) is 0.0833. The molecule has 5 aliphatic rings. The van der Waals surface area contributed by atoms with Crippen LogP contribution >= 0.6 is 0 Å². The maximum atomic E-state index is 12.4. The average Bonchev–Trinajstić information content (AvgIpc) is 3.46. The summed E-state index contributed by atoms with van der Waals surface area (Å²) in [4.78, 5) is 43.0. The highest BCUT2D eigenvalue weighted by molar-refractivity contribution is 6.30. The predicted octanol–water partition coefficient (Wildman–Crippen LogP) is 3.50. The molecule has 5 aliphatic heterocycles. The molecule has 0 saturated heterocycles. The lowest BCUT2D eigenvalue weighted by Crippen LogP contribution is -2.09. The second-order valence-corrected chi connectivity index (χ2v) is 7.17. The smallest absolute Gasteiger partial charge is 0.164 e. The highest BCUT2D eigenvalue weighted by Crippen LogP contribution is 2.26. The Balaban J connectivity index is 1.75. The minimum atomic E-state index is -0.103. The van der Waals surface area contributed by atoms with Gasteiger partial charge in [-0.05, 0) is 74.6 Å². The Bertz CT molecular complexity index is 1210. The number of ketones is 2. The summed E-state index contributed by atoms with van der Waals surface area (Å²) in [6, 6.07) is 0. The fourth-order valence-electron chi connectivity index (χ4n) is 3.68. The summed E-state index contributed by atoms with van der Waals surface area (Å²) >= 11 is 0. The van der Waals surface area contributed by atoms with Crippen LogP contribution in [-0.4, -0.2) is 34.4 Å². The first kappa shape index (κ1) is 18.0. The number of nitrogens with zero attached hydrogens (tertiary/aromatic N) is 4. The first-order chi connectivity index (χ1) is 14.5. The highest BCUT2D eigenvalue weighted by Gasteiger charge is 2.23. The van der Waals surface area contributed by atoms with Gasteiger partial charge in [-0.1, -0.05) is 0 Å². The Morgan fingerprint density at radius 1 is 0.567 bits per heavy atom.